The van der Waals surface area contributed by atoms with E-state index in [1.54, 1.807) is 10.8 Å². The predicted octanol–water partition coefficient (Wildman–Crippen LogP) is 2.50. The minimum atomic E-state index is 0.469. The fourth-order valence-electron chi connectivity index (χ4n) is 1.55. The second-order valence-corrected chi connectivity index (χ2v) is 3.61. The molecular formula is C11H13N3. The van der Waals surface area contributed by atoms with Gasteiger partial charge in [-0.05, 0) is 23.1 Å². The van der Waals surface area contributed by atoms with Gasteiger partial charge in [-0.2, -0.15) is 5.10 Å². The number of hydrogen-bond donors (Lipinski definition) is 0. The van der Waals surface area contributed by atoms with Gasteiger partial charge in [0.2, 0.25) is 0 Å². The highest BCUT2D eigenvalue weighted by molar-refractivity contribution is 5.58. The molecule has 0 unspecified atom stereocenters. The Labute approximate surface area is 83.1 Å². The maximum absolute atomic E-state index is 4.13. The Bertz CT molecular complexity index is 468. The second kappa shape index (κ2) is 3.25. The first-order valence-corrected chi connectivity index (χ1v) is 4.68. The van der Waals surface area contributed by atoms with Crippen LogP contribution in [-0.2, 0) is 0 Å². The smallest absolute Gasteiger partial charge is 0.155 e. The first kappa shape index (κ1) is 8.94. The molecule has 0 fully saturated rings. The van der Waals surface area contributed by atoms with Crippen LogP contribution in [0.2, 0.25) is 0 Å². The van der Waals surface area contributed by atoms with Crippen molar-refractivity contribution in [2.45, 2.75) is 19.8 Å². The van der Waals surface area contributed by atoms with Crippen molar-refractivity contribution >= 4 is 11.7 Å². The summed E-state index contributed by atoms with van der Waals surface area (Å²) in [6, 6.07) is 2.01. The number of hydrogen-bond acceptors (Lipinski definition) is 2. The van der Waals surface area contributed by atoms with Crippen LogP contribution in [0.4, 0.5) is 0 Å². The van der Waals surface area contributed by atoms with Crippen LogP contribution < -0.4 is 0 Å². The lowest BCUT2D eigenvalue weighted by atomic mass is 10.00. The van der Waals surface area contributed by atoms with E-state index in [9.17, 15) is 0 Å². The standard InChI is InChI=1S/C11H13N3/c1-4-9-5-11-12-7-13-14(11)6-10(9)8(2)3/h4-8H,1H2,2-3H3. The molecule has 0 amide bonds. The van der Waals surface area contributed by atoms with Crippen molar-refractivity contribution in [2.75, 3.05) is 0 Å². The van der Waals surface area contributed by atoms with Gasteiger partial charge in [0, 0.05) is 6.20 Å². The fraction of sp³-hybridized carbons (Fsp3) is 0.273. The van der Waals surface area contributed by atoms with Crippen molar-refractivity contribution in [3.63, 3.8) is 0 Å². The van der Waals surface area contributed by atoms with Gasteiger partial charge in [-0.3, -0.25) is 0 Å². The highest BCUT2D eigenvalue weighted by Gasteiger charge is 2.07. The lowest BCUT2D eigenvalue weighted by Crippen LogP contribution is -1.97. The molecule has 2 rings (SSSR count). The van der Waals surface area contributed by atoms with Crippen LogP contribution in [0.25, 0.3) is 11.7 Å². The minimum absolute atomic E-state index is 0.469. The Hall–Kier alpha value is -1.64. The van der Waals surface area contributed by atoms with Crippen LogP contribution >= 0.6 is 0 Å². The number of rotatable bonds is 2. The topological polar surface area (TPSA) is 30.2 Å². The van der Waals surface area contributed by atoms with E-state index in [-0.39, 0.29) is 0 Å². The van der Waals surface area contributed by atoms with Crippen LogP contribution in [0.15, 0.2) is 25.2 Å². The number of nitrogens with zero attached hydrogens (tertiary/aromatic N) is 3. The lowest BCUT2D eigenvalue weighted by molar-refractivity contribution is 0.833. The zero-order valence-electron chi connectivity index (χ0n) is 8.44. The number of pyridine rings is 1. The van der Waals surface area contributed by atoms with E-state index in [2.05, 4.69) is 30.5 Å². The Morgan fingerprint density at radius 1 is 1.50 bits per heavy atom. The highest BCUT2D eigenvalue weighted by atomic mass is 15.3. The molecule has 72 valence electrons. The molecule has 3 nitrogen and oxygen atoms in total. The molecule has 0 aromatic carbocycles. The summed E-state index contributed by atoms with van der Waals surface area (Å²) in [6.45, 7) is 8.12. The predicted molar refractivity (Wildman–Crippen MR) is 57.2 cm³/mol. The molecular weight excluding hydrogens is 174 g/mol. The van der Waals surface area contributed by atoms with Crippen LogP contribution in [-0.4, -0.2) is 14.6 Å². The molecule has 0 atom stereocenters. The molecule has 2 aromatic rings. The summed E-state index contributed by atoms with van der Waals surface area (Å²) in [6.07, 6.45) is 5.44. The molecule has 0 spiro atoms. The van der Waals surface area contributed by atoms with Crippen molar-refractivity contribution in [2.24, 2.45) is 0 Å². The zero-order valence-corrected chi connectivity index (χ0v) is 8.44. The fourth-order valence-corrected chi connectivity index (χ4v) is 1.55. The summed E-state index contributed by atoms with van der Waals surface area (Å²) >= 11 is 0. The molecule has 0 radical (unpaired) electrons. The third-order valence-corrected chi connectivity index (χ3v) is 2.32. The van der Waals surface area contributed by atoms with Gasteiger partial charge in [-0.1, -0.05) is 26.5 Å². The zero-order chi connectivity index (χ0) is 10.1. The first-order chi connectivity index (χ1) is 6.72. The summed E-state index contributed by atoms with van der Waals surface area (Å²) in [7, 11) is 0. The summed E-state index contributed by atoms with van der Waals surface area (Å²) < 4.78 is 1.79. The van der Waals surface area contributed by atoms with Gasteiger partial charge in [0.1, 0.15) is 6.33 Å². The summed E-state index contributed by atoms with van der Waals surface area (Å²) in [4.78, 5) is 4.13. The maximum atomic E-state index is 4.13. The molecule has 0 N–H and O–H groups in total. The van der Waals surface area contributed by atoms with Crippen LogP contribution in [0.1, 0.15) is 30.9 Å². The Kier molecular flexibility index (Phi) is 2.08. The molecule has 0 saturated carbocycles. The third kappa shape index (κ3) is 1.31. The molecule has 0 aliphatic carbocycles. The molecule has 0 aliphatic rings. The Morgan fingerprint density at radius 2 is 2.29 bits per heavy atom. The molecule has 3 heteroatoms. The van der Waals surface area contributed by atoms with Gasteiger partial charge >= 0.3 is 0 Å². The van der Waals surface area contributed by atoms with Crippen molar-refractivity contribution in [1.82, 2.24) is 14.6 Å². The van der Waals surface area contributed by atoms with Gasteiger partial charge in [-0.15, -0.1) is 0 Å². The van der Waals surface area contributed by atoms with E-state index in [0.29, 0.717) is 5.92 Å². The van der Waals surface area contributed by atoms with E-state index in [0.717, 1.165) is 11.2 Å². The largest absolute Gasteiger partial charge is 0.221 e. The lowest BCUT2D eigenvalue weighted by Gasteiger charge is -2.09. The highest BCUT2D eigenvalue weighted by Crippen LogP contribution is 2.21. The van der Waals surface area contributed by atoms with E-state index in [1.807, 2.05) is 18.3 Å². The van der Waals surface area contributed by atoms with Crippen LogP contribution in [0.3, 0.4) is 0 Å². The summed E-state index contributed by atoms with van der Waals surface area (Å²) in [5.74, 6) is 0.469. The second-order valence-electron chi connectivity index (χ2n) is 3.61. The van der Waals surface area contributed by atoms with E-state index in [1.165, 1.54) is 5.56 Å². The maximum Gasteiger partial charge on any atom is 0.155 e. The quantitative estimate of drug-likeness (QED) is 0.723. The van der Waals surface area contributed by atoms with Crippen molar-refractivity contribution in [1.29, 1.82) is 0 Å². The van der Waals surface area contributed by atoms with Gasteiger partial charge < -0.3 is 0 Å². The molecule has 2 heterocycles. The Balaban J connectivity index is 2.72. The van der Waals surface area contributed by atoms with E-state index in [4.69, 9.17) is 0 Å². The van der Waals surface area contributed by atoms with Crippen LogP contribution in [0.5, 0.6) is 0 Å². The average Bonchev–Trinajstić information content (AvgIpc) is 2.62. The average molecular weight is 187 g/mol. The van der Waals surface area contributed by atoms with Gasteiger partial charge in [0.25, 0.3) is 0 Å². The van der Waals surface area contributed by atoms with E-state index < -0.39 is 0 Å². The summed E-state index contributed by atoms with van der Waals surface area (Å²) in [5.41, 5.74) is 3.25. The molecule has 0 aliphatic heterocycles. The molecule has 0 saturated heterocycles. The monoisotopic (exact) mass is 187 g/mol. The number of fused-ring (bicyclic) bond motifs is 1. The van der Waals surface area contributed by atoms with Gasteiger partial charge in [-0.25, -0.2) is 9.50 Å². The van der Waals surface area contributed by atoms with Gasteiger partial charge in [0.15, 0.2) is 5.65 Å². The van der Waals surface area contributed by atoms with Crippen molar-refractivity contribution < 1.29 is 0 Å². The van der Waals surface area contributed by atoms with Crippen molar-refractivity contribution in [3.8, 4) is 0 Å². The Morgan fingerprint density at radius 3 is 2.93 bits per heavy atom. The molecule has 2 aromatic heterocycles. The molecule has 14 heavy (non-hydrogen) atoms. The number of aromatic nitrogens is 3. The van der Waals surface area contributed by atoms with Crippen molar-refractivity contribution in [3.05, 3.63) is 36.3 Å². The van der Waals surface area contributed by atoms with E-state index >= 15 is 0 Å². The third-order valence-electron chi connectivity index (χ3n) is 2.32. The van der Waals surface area contributed by atoms with Crippen LogP contribution in [0, 0.1) is 0 Å². The minimum Gasteiger partial charge on any atom is -0.221 e. The first-order valence-electron chi connectivity index (χ1n) is 4.68. The summed E-state index contributed by atoms with van der Waals surface area (Å²) in [5, 5.41) is 4.11. The van der Waals surface area contributed by atoms with Gasteiger partial charge in [0.05, 0.1) is 0 Å². The normalized spacial score (nSPS) is 11.1. The molecule has 0 bridgehead atoms. The SMILES string of the molecule is C=Cc1cc2ncnn2cc1C(C)C.